The van der Waals surface area contributed by atoms with Gasteiger partial charge in [0, 0.05) is 18.6 Å². The number of aliphatic hydroxyl groups excluding tert-OH is 3. The second-order valence-electron chi connectivity index (χ2n) is 7.63. The third-order valence-electron chi connectivity index (χ3n) is 5.17. The number of aromatic nitrogens is 4. The van der Waals surface area contributed by atoms with Gasteiger partial charge in [0.2, 0.25) is 11.9 Å². The summed E-state index contributed by atoms with van der Waals surface area (Å²) in [5.74, 6) is -0.148. The average molecular weight is 523 g/mol. The van der Waals surface area contributed by atoms with Crippen LogP contribution in [0.1, 0.15) is 11.8 Å². The lowest BCUT2D eigenvalue weighted by atomic mass is 10.1. The van der Waals surface area contributed by atoms with Crippen LogP contribution in [-0.4, -0.2) is 80.1 Å². The first-order valence-electron chi connectivity index (χ1n) is 9.87. The van der Waals surface area contributed by atoms with Crippen molar-refractivity contribution in [3.63, 3.8) is 0 Å². The molecule has 1 aromatic carbocycles. The van der Waals surface area contributed by atoms with E-state index in [0.717, 1.165) is 15.7 Å². The molecular formula is C19H23BrN8O5. The van der Waals surface area contributed by atoms with E-state index in [1.54, 1.807) is 0 Å². The van der Waals surface area contributed by atoms with Crippen molar-refractivity contribution in [3.8, 4) is 0 Å². The highest BCUT2D eigenvalue weighted by molar-refractivity contribution is 9.10. The van der Waals surface area contributed by atoms with Gasteiger partial charge in [0.1, 0.15) is 18.3 Å². The maximum atomic E-state index is 12.3. The number of nitrogens with two attached hydrogens (primary N) is 1. The van der Waals surface area contributed by atoms with Crippen LogP contribution in [-0.2, 0) is 4.74 Å². The molecule has 1 aliphatic heterocycles. The van der Waals surface area contributed by atoms with Gasteiger partial charge < -0.3 is 30.7 Å². The first-order chi connectivity index (χ1) is 15.7. The highest BCUT2D eigenvalue weighted by atomic mass is 79.9. The molecular weight excluding hydrogens is 500 g/mol. The second kappa shape index (κ2) is 9.07. The van der Waals surface area contributed by atoms with Crippen LogP contribution < -0.4 is 21.6 Å². The number of hydrogen-bond acceptors (Lipinski definition) is 11. The van der Waals surface area contributed by atoms with Gasteiger partial charge in [-0.3, -0.25) is 14.3 Å². The van der Waals surface area contributed by atoms with E-state index in [0.29, 0.717) is 0 Å². The fourth-order valence-electron chi connectivity index (χ4n) is 3.54. The number of fused-ring (bicyclic) bond motifs is 1. The summed E-state index contributed by atoms with van der Waals surface area (Å²) in [4.78, 5) is 25.0. The van der Waals surface area contributed by atoms with E-state index in [-0.39, 0.29) is 23.1 Å². The number of nitrogens with zero attached hydrogens (tertiary/aromatic N) is 5. The van der Waals surface area contributed by atoms with Gasteiger partial charge in [0.15, 0.2) is 17.4 Å². The monoisotopic (exact) mass is 522 g/mol. The maximum Gasteiger partial charge on any atom is 0.280 e. The fourth-order valence-corrected chi connectivity index (χ4v) is 4.30. The molecule has 4 rings (SSSR count). The van der Waals surface area contributed by atoms with Crippen molar-refractivity contribution in [1.82, 2.24) is 19.5 Å². The summed E-state index contributed by atoms with van der Waals surface area (Å²) < 4.78 is 7.75. The van der Waals surface area contributed by atoms with E-state index >= 15 is 0 Å². The zero-order chi connectivity index (χ0) is 23.9. The van der Waals surface area contributed by atoms with E-state index in [9.17, 15) is 20.1 Å². The molecule has 33 heavy (non-hydrogen) atoms. The second-order valence-corrected chi connectivity index (χ2v) is 8.49. The van der Waals surface area contributed by atoms with Crippen molar-refractivity contribution in [2.24, 2.45) is 5.10 Å². The standard InChI is InChI=1S/C19H23BrN8O5/c1-27(2)10-4-3-8(5-9(10)20)6-22-26-19-23-12-15(24-18(21)25-16(12)32)28(19)17-14(31)13(30)11(7-29)33-17/h3-6,11,13-14,17,29-31H,7H2,1-2H3,(H,23,26)(H3,21,24,25,32)/b22-6-/t11-,13-,14+,17-/m1/s1. The van der Waals surface area contributed by atoms with E-state index in [1.807, 2.05) is 37.2 Å². The Bertz CT molecular complexity index is 1260. The minimum Gasteiger partial charge on any atom is -0.394 e. The molecule has 1 saturated heterocycles. The molecule has 1 fully saturated rings. The predicted molar refractivity (Wildman–Crippen MR) is 125 cm³/mol. The van der Waals surface area contributed by atoms with Gasteiger partial charge in [0.25, 0.3) is 5.56 Å². The number of imidazole rings is 1. The van der Waals surface area contributed by atoms with Gasteiger partial charge in [-0.15, -0.1) is 0 Å². The Morgan fingerprint density at radius 1 is 1.36 bits per heavy atom. The topological polar surface area (TPSA) is 187 Å². The first-order valence-corrected chi connectivity index (χ1v) is 10.7. The SMILES string of the molecule is CN(C)c1ccc(/C=N\Nc2nc3c(=O)[nH]c(N)nc3n2[C@@H]2O[C@H](CO)[C@@H](O)[C@@H]2O)cc1Br. The summed E-state index contributed by atoms with van der Waals surface area (Å²) in [6.45, 7) is -0.518. The van der Waals surface area contributed by atoms with Crippen molar-refractivity contribution in [2.45, 2.75) is 24.5 Å². The van der Waals surface area contributed by atoms with Crippen LogP contribution in [0, 0.1) is 0 Å². The van der Waals surface area contributed by atoms with Crippen molar-refractivity contribution < 1.29 is 20.1 Å². The van der Waals surface area contributed by atoms with Gasteiger partial charge in [-0.1, -0.05) is 6.07 Å². The smallest absolute Gasteiger partial charge is 0.280 e. The van der Waals surface area contributed by atoms with Gasteiger partial charge in [-0.25, -0.2) is 10.4 Å². The minimum absolute atomic E-state index is 0.0156. The molecule has 0 saturated carbocycles. The van der Waals surface area contributed by atoms with Crippen molar-refractivity contribution >= 4 is 50.9 Å². The van der Waals surface area contributed by atoms with Crippen LogP contribution in [0.2, 0.25) is 0 Å². The van der Waals surface area contributed by atoms with Gasteiger partial charge in [-0.05, 0) is 33.6 Å². The summed E-state index contributed by atoms with van der Waals surface area (Å²) in [6, 6.07) is 5.67. The summed E-state index contributed by atoms with van der Waals surface area (Å²) in [5, 5.41) is 34.3. The highest BCUT2D eigenvalue weighted by Crippen LogP contribution is 2.34. The molecule has 3 heterocycles. The number of nitrogen functional groups attached to an aromatic ring is 1. The summed E-state index contributed by atoms with van der Waals surface area (Å²) in [6.07, 6.45) is -3.49. The molecule has 0 unspecified atom stereocenters. The fraction of sp³-hybridized carbons (Fsp3) is 0.368. The minimum atomic E-state index is -1.43. The molecule has 0 amide bonds. The number of hydrazone groups is 1. The molecule has 0 radical (unpaired) electrons. The lowest BCUT2D eigenvalue weighted by molar-refractivity contribution is -0.0501. The van der Waals surface area contributed by atoms with E-state index in [4.69, 9.17) is 10.5 Å². The van der Waals surface area contributed by atoms with Crippen molar-refractivity contribution in [1.29, 1.82) is 0 Å². The Hall–Kier alpha value is -3.04. The number of H-pyrrole nitrogens is 1. The number of halogens is 1. The highest BCUT2D eigenvalue weighted by Gasteiger charge is 2.45. The van der Waals surface area contributed by atoms with Crippen LogP contribution in [0.3, 0.4) is 0 Å². The zero-order valence-corrected chi connectivity index (χ0v) is 19.3. The Labute approximate surface area is 195 Å². The Morgan fingerprint density at radius 2 is 2.12 bits per heavy atom. The van der Waals surface area contributed by atoms with Crippen molar-refractivity contribution in [3.05, 3.63) is 38.6 Å². The van der Waals surface area contributed by atoms with Crippen molar-refractivity contribution in [2.75, 3.05) is 36.8 Å². The Kier molecular flexibility index (Phi) is 6.36. The van der Waals surface area contributed by atoms with Crippen LogP contribution in [0.5, 0.6) is 0 Å². The van der Waals surface area contributed by atoms with Crippen LogP contribution in [0.15, 0.2) is 32.6 Å². The van der Waals surface area contributed by atoms with Crippen LogP contribution in [0.25, 0.3) is 11.2 Å². The number of aliphatic hydroxyl groups is 3. The quantitative estimate of drug-likeness (QED) is 0.183. The number of ether oxygens (including phenoxy) is 1. The molecule has 13 nitrogen and oxygen atoms in total. The third kappa shape index (κ3) is 4.30. The molecule has 0 spiro atoms. The summed E-state index contributed by atoms with van der Waals surface area (Å²) in [5.41, 5.74) is 9.52. The van der Waals surface area contributed by atoms with Crippen LogP contribution >= 0.6 is 15.9 Å². The molecule has 7 N–H and O–H groups in total. The van der Waals surface area contributed by atoms with E-state index in [2.05, 4.69) is 41.4 Å². The van der Waals surface area contributed by atoms with Crippen LogP contribution in [0.4, 0.5) is 17.6 Å². The Morgan fingerprint density at radius 3 is 2.76 bits per heavy atom. The average Bonchev–Trinajstić information content (AvgIpc) is 3.25. The molecule has 14 heteroatoms. The molecule has 0 aliphatic carbocycles. The number of benzene rings is 1. The van der Waals surface area contributed by atoms with E-state index in [1.165, 1.54) is 10.8 Å². The molecule has 176 valence electrons. The van der Waals surface area contributed by atoms with E-state index < -0.39 is 36.7 Å². The molecule has 0 bridgehead atoms. The largest absolute Gasteiger partial charge is 0.394 e. The van der Waals surface area contributed by atoms with Gasteiger partial charge >= 0.3 is 0 Å². The zero-order valence-electron chi connectivity index (χ0n) is 17.7. The normalized spacial score (nSPS) is 23.0. The number of rotatable bonds is 6. The maximum absolute atomic E-state index is 12.3. The summed E-state index contributed by atoms with van der Waals surface area (Å²) in [7, 11) is 3.86. The Balaban J connectivity index is 1.71. The number of nitrogens with one attached hydrogen (secondary N) is 2. The van der Waals surface area contributed by atoms with Gasteiger partial charge in [-0.2, -0.15) is 10.1 Å². The van der Waals surface area contributed by atoms with Gasteiger partial charge in [0.05, 0.1) is 18.5 Å². The number of hydrogen-bond donors (Lipinski definition) is 6. The third-order valence-corrected chi connectivity index (χ3v) is 5.81. The molecule has 2 aromatic heterocycles. The molecule has 1 aliphatic rings. The number of anilines is 3. The lowest BCUT2D eigenvalue weighted by Crippen LogP contribution is -2.33. The summed E-state index contributed by atoms with van der Waals surface area (Å²) >= 11 is 3.52. The first kappa shape index (κ1) is 23.1. The molecule has 4 atom stereocenters. The predicted octanol–water partition coefficient (Wildman–Crippen LogP) is -0.412. The molecule has 3 aromatic rings. The lowest BCUT2D eigenvalue weighted by Gasteiger charge is -2.18. The number of aromatic amines is 1.